The predicted molar refractivity (Wildman–Crippen MR) is 102 cm³/mol. The molecule has 6 nitrogen and oxygen atoms in total. The van der Waals surface area contributed by atoms with E-state index in [2.05, 4.69) is 24.3 Å². The lowest BCUT2D eigenvalue weighted by atomic mass is 10.2. The number of ether oxygens (including phenoxy) is 1. The summed E-state index contributed by atoms with van der Waals surface area (Å²) >= 11 is 0. The number of para-hydroxylation sites is 1. The number of nitrogens with one attached hydrogen (secondary N) is 1. The van der Waals surface area contributed by atoms with E-state index in [4.69, 9.17) is 4.74 Å². The maximum absolute atomic E-state index is 12.7. The van der Waals surface area contributed by atoms with Crippen LogP contribution in [0.5, 0.6) is 5.75 Å². The zero-order valence-electron chi connectivity index (χ0n) is 15.2. The maximum atomic E-state index is 12.7. The fourth-order valence-electron chi connectivity index (χ4n) is 2.14. The van der Waals surface area contributed by atoms with Gasteiger partial charge in [0.15, 0.2) is 11.4 Å². The predicted octanol–water partition coefficient (Wildman–Crippen LogP) is 2.62. The van der Waals surface area contributed by atoms with E-state index in [0.717, 1.165) is 12.2 Å². The zero-order chi connectivity index (χ0) is 17.5. The van der Waals surface area contributed by atoms with Gasteiger partial charge >= 0.3 is 0 Å². The summed E-state index contributed by atoms with van der Waals surface area (Å²) in [5, 5.41) is 7.51. The summed E-state index contributed by atoms with van der Waals surface area (Å²) < 4.78 is 7.52. The summed E-state index contributed by atoms with van der Waals surface area (Å²) in [5.74, 6) is 0.752. The molecule has 0 unspecified atom stereocenters. The highest BCUT2D eigenvalue weighted by Crippen LogP contribution is 2.22. The van der Waals surface area contributed by atoms with Gasteiger partial charge in [-0.25, -0.2) is 4.68 Å². The van der Waals surface area contributed by atoms with Gasteiger partial charge in [-0.3, -0.25) is 4.79 Å². The Morgan fingerprint density at radius 3 is 2.60 bits per heavy atom. The lowest BCUT2D eigenvalue weighted by Crippen LogP contribution is -2.33. The molecule has 0 fully saturated rings. The molecule has 0 saturated carbocycles. The number of rotatable bonds is 8. The fourth-order valence-corrected chi connectivity index (χ4v) is 2.14. The Hall–Kier alpha value is -2.05. The third kappa shape index (κ3) is 5.76. The van der Waals surface area contributed by atoms with Gasteiger partial charge in [-0.15, -0.1) is 12.4 Å². The zero-order valence-corrected chi connectivity index (χ0v) is 16.0. The second kappa shape index (κ2) is 10.1. The molecular weight excluding hydrogens is 340 g/mol. The first-order chi connectivity index (χ1) is 11.5. The minimum Gasteiger partial charge on any atom is -0.489 e. The van der Waals surface area contributed by atoms with Crippen LogP contribution in [0.15, 0.2) is 36.5 Å². The summed E-state index contributed by atoms with van der Waals surface area (Å²) in [6.45, 7) is 6.02. The Balaban J connectivity index is 0.00000312. The molecule has 0 atom stereocenters. The number of hydrogen-bond donors (Lipinski definition) is 1. The molecule has 7 heteroatoms. The minimum absolute atomic E-state index is 0. The number of hydrogen-bond acceptors (Lipinski definition) is 4. The van der Waals surface area contributed by atoms with Crippen LogP contribution in [-0.2, 0) is 0 Å². The molecule has 0 aliphatic rings. The third-order valence-electron chi connectivity index (χ3n) is 3.52. The topological polar surface area (TPSA) is 59.4 Å². The minimum atomic E-state index is -0.140. The van der Waals surface area contributed by atoms with E-state index in [1.54, 1.807) is 22.8 Å². The lowest BCUT2D eigenvalue weighted by molar-refractivity contribution is 0.0785. The maximum Gasteiger partial charge on any atom is 0.278 e. The van der Waals surface area contributed by atoms with Gasteiger partial charge < -0.3 is 15.0 Å². The number of halogens is 1. The molecule has 0 aliphatic carbocycles. The number of benzene rings is 1. The van der Waals surface area contributed by atoms with Gasteiger partial charge in [0.25, 0.3) is 5.91 Å². The molecular formula is C18H27ClN4O2. The van der Waals surface area contributed by atoms with Gasteiger partial charge in [0, 0.05) is 20.1 Å². The van der Waals surface area contributed by atoms with Gasteiger partial charge in [-0.2, -0.15) is 5.10 Å². The van der Waals surface area contributed by atoms with Crippen molar-refractivity contribution in [3.63, 3.8) is 0 Å². The molecule has 0 aliphatic heterocycles. The molecule has 1 aromatic heterocycles. The number of likely N-dealkylation sites (N-methyl/N-ethyl adjacent to an activating group) is 2. The molecule has 0 radical (unpaired) electrons. The van der Waals surface area contributed by atoms with Gasteiger partial charge in [0.1, 0.15) is 0 Å². The van der Waals surface area contributed by atoms with Crippen molar-refractivity contribution in [2.45, 2.75) is 13.8 Å². The molecule has 1 N–H and O–H groups in total. The van der Waals surface area contributed by atoms with Crippen molar-refractivity contribution in [3.05, 3.63) is 42.2 Å². The van der Waals surface area contributed by atoms with Crippen LogP contribution in [0.1, 0.15) is 24.3 Å². The number of aromatic nitrogens is 2. The molecule has 1 heterocycles. The Morgan fingerprint density at radius 2 is 2.00 bits per heavy atom. The Bertz CT molecular complexity index is 658. The van der Waals surface area contributed by atoms with Crippen LogP contribution < -0.4 is 10.1 Å². The Labute approximate surface area is 155 Å². The monoisotopic (exact) mass is 366 g/mol. The first-order valence-corrected chi connectivity index (χ1v) is 8.21. The van der Waals surface area contributed by atoms with Crippen LogP contribution in [0.2, 0.25) is 0 Å². The van der Waals surface area contributed by atoms with Crippen LogP contribution >= 0.6 is 12.4 Å². The third-order valence-corrected chi connectivity index (χ3v) is 3.52. The van der Waals surface area contributed by atoms with E-state index in [0.29, 0.717) is 30.5 Å². The van der Waals surface area contributed by atoms with E-state index in [9.17, 15) is 4.79 Å². The first-order valence-electron chi connectivity index (χ1n) is 8.21. The number of carbonyl (C=O) groups is 1. The lowest BCUT2D eigenvalue weighted by Gasteiger charge is -2.16. The van der Waals surface area contributed by atoms with Crippen molar-refractivity contribution >= 4 is 18.3 Å². The molecule has 1 amide bonds. The Morgan fingerprint density at radius 1 is 1.32 bits per heavy atom. The molecule has 0 bridgehead atoms. The van der Waals surface area contributed by atoms with Gasteiger partial charge in [0.2, 0.25) is 0 Å². The van der Waals surface area contributed by atoms with Crippen molar-refractivity contribution in [2.24, 2.45) is 5.92 Å². The van der Waals surface area contributed by atoms with Crippen molar-refractivity contribution in [2.75, 3.05) is 33.8 Å². The van der Waals surface area contributed by atoms with Crippen molar-refractivity contribution in [3.8, 4) is 11.4 Å². The number of carbonyl (C=O) groups excluding carboxylic acids is 1. The smallest absolute Gasteiger partial charge is 0.278 e. The van der Waals surface area contributed by atoms with E-state index in [-0.39, 0.29) is 18.3 Å². The fraction of sp³-hybridized carbons (Fsp3) is 0.444. The molecule has 1 aromatic carbocycles. The summed E-state index contributed by atoms with van der Waals surface area (Å²) in [7, 11) is 3.63. The van der Waals surface area contributed by atoms with Crippen LogP contribution in [-0.4, -0.2) is 54.4 Å². The average molecular weight is 367 g/mol. The first kappa shape index (κ1) is 21.0. The SMILES string of the molecule is CNCCN(C)C(=O)c1nn(-c2ccccc2)cc1OCC(C)C.Cl. The van der Waals surface area contributed by atoms with Gasteiger partial charge in [-0.1, -0.05) is 32.0 Å². The van der Waals surface area contributed by atoms with Gasteiger partial charge in [-0.05, 0) is 25.1 Å². The molecule has 2 aromatic rings. The van der Waals surface area contributed by atoms with E-state index < -0.39 is 0 Å². The molecule has 2 rings (SSSR count). The Kier molecular flexibility index (Phi) is 8.45. The van der Waals surface area contributed by atoms with Crippen molar-refractivity contribution < 1.29 is 9.53 Å². The van der Waals surface area contributed by atoms with Crippen molar-refractivity contribution in [1.29, 1.82) is 0 Å². The average Bonchev–Trinajstić information content (AvgIpc) is 3.02. The van der Waals surface area contributed by atoms with Crippen LogP contribution in [0.3, 0.4) is 0 Å². The summed E-state index contributed by atoms with van der Waals surface area (Å²) in [6.07, 6.45) is 1.77. The summed E-state index contributed by atoms with van der Waals surface area (Å²) in [6, 6.07) is 9.70. The van der Waals surface area contributed by atoms with Crippen molar-refractivity contribution in [1.82, 2.24) is 20.0 Å². The molecule has 138 valence electrons. The van der Waals surface area contributed by atoms with Gasteiger partial charge in [0.05, 0.1) is 18.5 Å². The molecule has 25 heavy (non-hydrogen) atoms. The highest BCUT2D eigenvalue weighted by molar-refractivity contribution is 5.94. The standard InChI is InChI=1S/C18H26N4O2.ClH/c1-14(2)13-24-16-12-22(15-8-6-5-7-9-15)20-17(16)18(23)21(4)11-10-19-3;/h5-9,12,14,19H,10-11,13H2,1-4H3;1H. The van der Waals surface area contributed by atoms with E-state index in [1.807, 2.05) is 37.4 Å². The van der Waals surface area contributed by atoms with Crippen LogP contribution in [0, 0.1) is 5.92 Å². The molecule has 0 spiro atoms. The summed E-state index contributed by atoms with van der Waals surface area (Å²) in [5.41, 5.74) is 1.24. The molecule has 0 saturated heterocycles. The quantitative estimate of drug-likeness (QED) is 0.780. The normalized spacial score (nSPS) is 10.4. The second-order valence-corrected chi connectivity index (χ2v) is 6.16. The van der Waals surface area contributed by atoms with Crippen LogP contribution in [0.25, 0.3) is 5.69 Å². The van der Waals surface area contributed by atoms with E-state index >= 15 is 0 Å². The second-order valence-electron chi connectivity index (χ2n) is 6.16. The highest BCUT2D eigenvalue weighted by atomic mass is 35.5. The highest BCUT2D eigenvalue weighted by Gasteiger charge is 2.22. The number of amides is 1. The summed E-state index contributed by atoms with van der Waals surface area (Å²) in [4.78, 5) is 14.4. The number of nitrogens with zero attached hydrogens (tertiary/aromatic N) is 3. The van der Waals surface area contributed by atoms with Crippen LogP contribution in [0.4, 0.5) is 0 Å². The largest absolute Gasteiger partial charge is 0.489 e. The van der Waals surface area contributed by atoms with E-state index in [1.165, 1.54) is 0 Å².